The van der Waals surface area contributed by atoms with Gasteiger partial charge in [-0.3, -0.25) is 0 Å². The third-order valence-corrected chi connectivity index (χ3v) is 2.26. The molecule has 0 amide bonds. The van der Waals surface area contributed by atoms with Gasteiger partial charge in [-0.2, -0.15) is 0 Å². The molecule has 1 fully saturated rings. The lowest BCUT2D eigenvalue weighted by molar-refractivity contribution is -0.181. The third kappa shape index (κ3) is 0.470. The first-order valence-electron chi connectivity index (χ1n) is 3.61. The molecule has 4 bridgehead atoms. The van der Waals surface area contributed by atoms with E-state index in [1.54, 1.807) is 0 Å². The fraction of sp³-hybridized carbons (Fsp3) is 0.500. The maximum atomic E-state index is 5.59. The predicted molar refractivity (Wildman–Crippen MR) is 35.6 cm³/mol. The van der Waals surface area contributed by atoms with Gasteiger partial charge < -0.3 is 9.47 Å². The minimum absolute atomic E-state index is 0.194. The highest BCUT2D eigenvalue weighted by atomic mass is 16.6. The Labute approximate surface area is 59.1 Å². The Morgan fingerprint density at radius 3 is 1.10 bits per heavy atom. The minimum atomic E-state index is 0.194. The molecule has 5 aliphatic heterocycles. The highest BCUT2D eigenvalue weighted by Gasteiger charge is 2.41. The molecule has 4 atom stereocenters. The fourth-order valence-corrected chi connectivity index (χ4v) is 1.73. The second-order valence-corrected chi connectivity index (χ2v) is 2.90. The molecule has 10 heavy (non-hydrogen) atoms. The Kier molecular flexibility index (Phi) is 0.775. The van der Waals surface area contributed by atoms with Crippen LogP contribution in [0.25, 0.3) is 0 Å². The largest absolute Gasteiger partial charge is 0.361 e. The summed E-state index contributed by atoms with van der Waals surface area (Å²) in [6, 6.07) is 0. The van der Waals surface area contributed by atoms with Crippen LogP contribution in [0.4, 0.5) is 0 Å². The van der Waals surface area contributed by atoms with Gasteiger partial charge >= 0.3 is 0 Å². The molecule has 5 rings (SSSR count). The summed E-state index contributed by atoms with van der Waals surface area (Å²) in [5, 5.41) is 0. The zero-order valence-electron chi connectivity index (χ0n) is 5.44. The van der Waals surface area contributed by atoms with E-state index in [1.165, 1.54) is 0 Å². The van der Waals surface area contributed by atoms with Crippen molar-refractivity contribution in [2.75, 3.05) is 0 Å². The summed E-state index contributed by atoms with van der Waals surface area (Å²) < 4.78 is 11.2. The standard InChI is InChI=1S/C8H8O2/c1-2-6-8-4-3-7(10-6)5(1)9-8/h1-8H. The molecule has 4 unspecified atom stereocenters. The average Bonchev–Trinajstić information content (AvgIpc) is 2.05. The number of rotatable bonds is 0. The van der Waals surface area contributed by atoms with Crippen molar-refractivity contribution in [1.82, 2.24) is 0 Å². The molecule has 2 heteroatoms. The van der Waals surface area contributed by atoms with Gasteiger partial charge in [0.05, 0.1) is 0 Å². The van der Waals surface area contributed by atoms with Crippen LogP contribution in [-0.2, 0) is 9.47 Å². The van der Waals surface area contributed by atoms with Gasteiger partial charge in [0.2, 0.25) is 0 Å². The summed E-state index contributed by atoms with van der Waals surface area (Å²) in [6.07, 6.45) is 9.16. The topological polar surface area (TPSA) is 18.5 Å². The van der Waals surface area contributed by atoms with Crippen LogP contribution in [0.2, 0.25) is 0 Å². The van der Waals surface area contributed by atoms with Crippen LogP contribution in [-0.4, -0.2) is 24.4 Å². The molecule has 2 nitrogen and oxygen atoms in total. The monoisotopic (exact) mass is 136 g/mol. The summed E-state index contributed by atoms with van der Waals surface area (Å²) in [4.78, 5) is 0. The van der Waals surface area contributed by atoms with Crippen LogP contribution in [0, 0.1) is 0 Å². The van der Waals surface area contributed by atoms with Gasteiger partial charge in [0.1, 0.15) is 24.4 Å². The molecule has 0 radical (unpaired) electrons. The number of ether oxygens (including phenoxy) is 2. The Bertz CT molecular complexity index is 175. The lowest BCUT2D eigenvalue weighted by Crippen LogP contribution is -2.52. The van der Waals surface area contributed by atoms with Crippen LogP contribution >= 0.6 is 0 Å². The van der Waals surface area contributed by atoms with Crippen LogP contribution in [0.1, 0.15) is 0 Å². The van der Waals surface area contributed by atoms with Crippen LogP contribution in [0.15, 0.2) is 24.3 Å². The SMILES string of the molecule is C1=CC2OC3C=CC2OC13. The maximum Gasteiger partial charge on any atom is 0.106 e. The van der Waals surface area contributed by atoms with Gasteiger partial charge in [0.15, 0.2) is 0 Å². The summed E-state index contributed by atoms with van der Waals surface area (Å²) in [6.45, 7) is 0. The van der Waals surface area contributed by atoms with Crippen molar-refractivity contribution >= 4 is 0 Å². The number of hydrogen-bond acceptors (Lipinski definition) is 2. The smallest absolute Gasteiger partial charge is 0.106 e. The minimum Gasteiger partial charge on any atom is -0.361 e. The van der Waals surface area contributed by atoms with Gasteiger partial charge in [-0.25, -0.2) is 0 Å². The fourth-order valence-electron chi connectivity index (χ4n) is 1.73. The van der Waals surface area contributed by atoms with Gasteiger partial charge in [-0.15, -0.1) is 0 Å². The van der Waals surface area contributed by atoms with E-state index in [4.69, 9.17) is 9.47 Å². The van der Waals surface area contributed by atoms with Crippen LogP contribution < -0.4 is 0 Å². The Morgan fingerprint density at radius 2 is 0.900 bits per heavy atom. The van der Waals surface area contributed by atoms with Crippen molar-refractivity contribution in [1.29, 1.82) is 0 Å². The average molecular weight is 136 g/mol. The van der Waals surface area contributed by atoms with E-state index < -0.39 is 0 Å². The van der Waals surface area contributed by atoms with Gasteiger partial charge in [0, 0.05) is 0 Å². The van der Waals surface area contributed by atoms with E-state index >= 15 is 0 Å². The zero-order valence-corrected chi connectivity index (χ0v) is 5.44. The first-order chi connectivity index (χ1) is 4.93. The third-order valence-electron chi connectivity index (χ3n) is 2.26. The molecular weight excluding hydrogens is 128 g/mol. The molecule has 0 aromatic carbocycles. The lowest BCUT2D eigenvalue weighted by Gasteiger charge is -2.44. The molecule has 0 spiro atoms. The predicted octanol–water partition coefficient (Wildman–Crippen LogP) is 0.647. The maximum absolute atomic E-state index is 5.59. The van der Waals surface area contributed by atoms with Crippen molar-refractivity contribution in [3.8, 4) is 0 Å². The second kappa shape index (κ2) is 1.52. The van der Waals surface area contributed by atoms with Crippen molar-refractivity contribution in [2.45, 2.75) is 24.4 Å². The Hall–Kier alpha value is -0.600. The van der Waals surface area contributed by atoms with Crippen LogP contribution in [0.5, 0.6) is 0 Å². The molecule has 0 aliphatic carbocycles. The van der Waals surface area contributed by atoms with Crippen LogP contribution in [0.3, 0.4) is 0 Å². The van der Waals surface area contributed by atoms with E-state index in [-0.39, 0.29) is 24.4 Å². The molecule has 0 aromatic rings. The van der Waals surface area contributed by atoms with Gasteiger partial charge in [-0.1, -0.05) is 24.3 Å². The molecule has 52 valence electrons. The van der Waals surface area contributed by atoms with E-state index in [9.17, 15) is 0 Å². The van der Waals surface area contributed by atoms with Crippen molar-refractivity contribution in [3.63, 3.8) is 0 Å². The zero-order chi connectivity index (χ0) is 6.55. The first-order valence-corrected chi connectivity index (χ1v) is 3.61. The van der Waals surface area contributed by atoms with Crippen molar-refractivity contribution in [2.24, 2.45) is 0 Å². The molecule has 5 aliphatic rings. The normalized spacial score (nSPS) is 54.4. The summed E-state index contributed by atoms with van der Waals surface area (Å²) in [5.74, 6) is 0. The van der Waals surface area contributed by atoms with Gasteiger partial charge in [0.25, 0.3) is 0 Å². The summed E-state index contributed by atoms with van der Waals surface area (Å²) in [5.41, 5.74) is 0. The van der Waals surface area contributed by atoms with Crippen molar-refractivity contribution < 1.29 is 9.47 Å². The van der Waals surface area contributed by atoms with E-state index in [2.05, 4.69) is 24.3 Å². The van der Waals surface area contributed by atoms with E-state index in [0.29, 0.717) is 0 Å². The highest BCUT2D eigenvalue weighted by Crippen LogP contribution is 2.33. The molecule has 0 saturated carbocycles. The Morgan fingerprint density at radius 1 is 0.600 bits per heavy atom. The van der Waals surface area contributed by atoms with Gasteiger partial charge in [-0.05, 0) is 0 Å². The quantitative estimate of drug-likeness (QED) is 0.455. The molecule has 0 N–H and O–H groups in total. The number of hydrogen-bond donors (Lipinski definition) is 0. The highest BCUT2D eigenvalue weighted by molar-refractivity contribution is 5.22. The second-order valence-electron chi connectivity index (χ2n) is 2.90. The summed E-state index contributed by atoms with van der Waals surface area (Å²) >= 11 is 0. The Balaban J connectivity index is 2.14. The van der Waals surface area contributed by atoms with E-state index in [1.807, 2.05) is 0 Å². The molecular formula is C8H8O2. The molecule has 1 saturated heterocycles. The van der Waals surface area contributed by atoms with E-state index in [0.717, 1.165) is 0 Å². The molecule has 0 aromatic heterocycles. The van der Waals surface area contributed by atoms with Crippen molar-refractivity contribution in [3.05, 3.63) is 24.3 Å². The first kappa shape index (κ1) is 5.10. The lowest BCUT2D eigenvalue weighted by atomic mass is 9.95. The molecule has 5 heterocycles. The summed E-state index contributed by atoms with van der Waals surface area (Å²) in [7, 11) is 0.